The Bertz CT molecular complexity index is 460. The smallest absolute Gasteiger partial charge is 0.258 e. The molecule has 0 saturated heterocycles. The van der Waals surface area contributed by atoms with Gasteiger partial charge in [-0.25, -0.2) is 4.98 Å². The zero-order chi connectivity index (χ0) is 11.1. The molecule has 0 saturated carbocycles. The van der Waals surface area contributed by atoms with Crippen LogP contribution in [0.3, 0.4) is 0 Å². The Labute approximate surface area is 90.1 Å². The predicted molar refractivity (Wildman–Crippen MR) is 59.7 cm³/mol. The van der Waals surface area contributed by atoms with E-state index in [0.29, 0.717) is 10.7 Å². The monoisotopic (exact) mass is 223 g/mol. The first-order valence-electron chi connectivity index (χ1n) is 4.08. The molecule has 1 aromatic heterocycles. The van der Waals surface area contributed by atoms with Crippen molar-refractivity contribution in [3.63, 3.8) is 0 Å². The molecule has 0 aromatic carbocycles. The first kappa shape index (κ1) is 11.4. The van der Waals surface area contributed by atoms with Gasteiger partial charge in [0.25, 0.3) is 5.56 Å². The van der Waals surface area contributed by atoms with E-state index < -0.39 is 0 Å². The summed E-state index contributed by atoms with van der Waals surface area (Å²) in [6.45, 7) is 0.222. The molecule has 1 N–H and O–H groups in total. The van der Waals surface area contributed by atoms with E-state index in [4.69, 9.17) is 5.53 Å². The maximum Gasteiger partial charge on any atom is 0.258 e. The minimum absolute atomic E-state index is 0.202. The van der Waals surface area contributed by atoms with Gasteiger partial charge in [0, 0.05) is 17.7 Å². The van der Waals surface area contributed by atoms with Crippen LogP contribution in [0, 0.1) is 0 Å². The molecular weight excluding hydrogens is 214 g/mol. The van der Waals surface area contributed by atoms with Gasteiger partial charge in [-0.05, 0) is 11.8 Å². The number of aromatic nitrogens is 2. The average Bonchev–Trinajstić information content (AvgIpc) is 2.26. The average molecular weight is 223 g/mol. The number of hydrogen-bond donors (Lipinski definition) is 1. The molecule has 1 rings (SSSR count). The molecule has 15 heavy (non-hydrogen) atoms. The lowest BCUT2D eigenvalue weighted by Gasteiger charge is -1.95. The predicted octanol–water partition coefficient (Wildman–Crippen LogP) is 1.82. The summed E-state index contributed by atoms with van der Waals surface area (Å²) in [4.78, 5) is 20.6. The Hall–Kier alpha value is -1.72. The van der Waals surface area contributed by atoms with Gasteiger partial charge in [0.1, 0.15) is 0 Å². The fraction of sp³-hybridized carbons (Fsp3) is 0.250. The maximum absolute atomic E-state index is 11.4. The van der Waals surface area contributed by atoms with E-state index in [9.17, 15) is 4.79 Å². The standard InChI is InChI=1S/C8H9N5OS/c1-15-8-10-5-6(7(14)12-8)3-2-4-11-13-9/h2-3,5H,4H2,1H3,(H,10,12,14). The zero-order valence-corrected chi connectivity index (χ0v) is 8.86. The van der Waals surface area contributed by atoms with Crippen LogP contribution in [0.4, 0.5) is 0 Å². The molecule has 0 aliphatic carbocycles. The van der Waals surface area contributed by atoms with E-state index in [1.54, 1.807) is 12.2 Å². The molecular formula is C8H9N5OS. The van der Waals surface area contributed by atoms with E-state index in [-0.39, 0.29) is 12.1 Å². The topological polar surface area (TPSA) is 94.5 Å². The van der Waals surface area contributed by atoms with Crippen molar-refractivity contribution in [2.75, 3.05) is 12.8 Å². The van der Waals surface area contributed by atoms with Crippen LogP contribution < -0.4 is 5.56 Å². The van der Waals surface area contributed by atoms with Crippen molar-refractivity contribution >= 4 is 17.8 Å². The number of nitrogens with zero attached hydrogens (tertiary/aromatic N) is 4. The third kappa shape index (κ3) is 3.49. The summed E-state index contributed by atoms with van der Waals surface area (Å²) in [5, 5.41) is 3.88. The van der Waals surface area contributed by atoms with Crippen molar-refractivity contribution in [1.82, 2.24) is 9.97 Å². The van der Waals surface area contributed by atoms with Crippen LogP contribution in [0.1, 0.15) is 5.56 Å². The molecule has 0 spiro atoms. The highest BCUT2D eigenvalue weighted by atomic mass is 32.2. The van der Waals surface area contributed by atoms with Gasteiger partial charge in [0.2, 0.25) is 0 Å². The van der Waals surface area contributed by atoms with E-state index in [2.05, 4.69) is 20.0 Å². The quantitative estimate of drug-likeness (QED) is 0.277. The lowest BCUT2D eigenvalue weighted by Crippen LogP contribution is -2.10. The van der Waals surface area contributed by atoms with Gasteiger partial charge in [-0.2, -0.15) is 0 Å². The van der Waals surface area contributed by atoms with Crippen LogP contribution in [-0.2, 0) is 0 Å². The van der Waals surface area contributed by atoms with E-state index in [1.807, 2.05) is 6.26 Å². The van der Waals surface area contributed by atoms with Gasteiger partial charge in [-0.3, -0.25) is 4.79 Å². The lowest BCUT2D eigenvalue weighted by molar-refractivity contribution is 0.934. The largest absolute Gasteiger partial charge is 0.301 e. The molecule has 0 unspecified atom stereocenters. The van der Waals surface area contributed by atoms with Gasteiger partial charge >= 0.3 is 0 Å². The van der Waals surface area contributed by atoms with Crippen LogP contribution in [0.2, 0.25) is 0 Å². The second-order valence-electron chi connectivity index (χ2n) is 2.49. The Morgan fingerprint density at radius 2 is 2.60 bits per heavy atom. The van der Waals surface area contributed by atoms with Crippen molar-refractivity contribution in [2.24, 2.45) is 5.11 Å². The Kier molecular flexibility index (Phi) is 4.46. The zero-order valence-electron chi connectivity index (χ0n) is 8.04. The fourth-order valence-electron chi connectivity index (χ4n) is 0.874. The third-order valence-electron chi connectivity index (χ3n) is 1.54. The molecule has 7 heteroatoms. The van der Waals surface area contributed by atoms with E-state index >= 15 is 0 Å². The number of aromatic amines is 1. The van der Waals surface area contributed by atoms with Gasteiger partial charge < -0.3 is 4.98 Å². The second kappa shape index (κ2) is 5.90. The SMILES string of the molecule is CSc1ncc(C=CCN=[N+]=[N-])c(=O)[nH]1. The molecule has 0 fully saturated rings. The van der Waals surface area contributed by atoms with Gasteiger partial charge in [-0.15, -0.1) is 0 Å². The minimum atomic E-state index is -0.202. The first-order valence-corrected chi connectivity index (χ1v) is 5.31. The molecule has 0 radical (unpaired) electrons. The molecule has 6 nitrogen and oxygen atoms in total. The molecule has 0 aliphatic heterocycles. The summed E-state index contributed by atoms with van der Waals surface area (Å²) in [6, 6.07) is 0. The van der Waals surface area contributed by atoms with Crippen molar-refractivity contribution in [1.29, 1.82) is 0 Å². The fourth-order valence-corrected chi connectivity index (χ4v) is 1.23. The first-order chi connectivity index (χ1) is 7.27. The molecule has 0 atom stereocenters. The van der Waals surface area contributed by atoms with Crippen molar-refractivity contribution in [2.45, 2.75) is 5.16 Å². The van der Waals surface area contributed by atoms with Gasteiger partial charge in [-0.1, -0.05) is 29.0 Å². The van der Waals surface area contributed by atoms with Gasteiger partial charge in [0.15, 0.2) is 5.16 Å². The number of azide groups is 1. The van der Waals surface area contributed by atoms with Crippen LogP contribution in [-0.4, -0.2) is 22.8 Å². The van der Waals surface area contributed by atoms with Crippen LogP contribution in [0.5, 0.6) is 0 Å². The molecule has 1 aromatic rings. The summed E-state index contributed by atoms with van der Waals surface area (Å²) in [5.41, 5.74) is 8.27. The molecule has 0 amide bonds. The summed E-state index contributed by atoms with van der Waals surface area (Å²) >= 11 is 1.37. The summed E-state index contributed by atoms with van der Waals surface area (Å²) in [6.07, 6.45) is 6.49. The molecule has 0 aliphatic rings. The minimum Gasteiger partial charge on any atom is -0.301 e. The summed E-state index contributed by atoms with van der Waals surface area (Å²) in [5.74, 6) is 0. The van der Waals surface area contributed by atoms with E-state index in [0.717, 1.165) is 0 Å². The van der Waals surface area contributed by atoms with Crippen molar-refractivity contribution < 1.29 is 0 Å². The third-order valence-corrected chi connectivity index (χ3v) is 2.14. The Morgan fingerprint density at radius 1 is 1.80 bits per heavy atom. The Morgan fingerprint density at radius 3 is 3.20 bits per heavy atom. The molecule has 78 valence electrons. The summed E-state index contributed by atoms with van der Waals surface area (Å²) < 4.78 is 0. The molecule has 0 bridgehead atoms. The Balaban J connectivity index is 2.82. The van der Waals surface area contributed by atoms with Crippen LogP contribution in [0.25, 0.3) is 16.5 Å². The number of H-pyrrole nitrogens is 1. The van der Waals surface area contributed by atoms with Crippen LogP contribution >= 0.6 is 11.8 Å². The number of thioether (sulfide) groups is 1. The highest BCUT2D eigenvalue weighted by Gasteiger charge is 1.97. The van der Waals surface area contributed by atoms with E-state index in [1.165, 1.54) is 18.0 Å². The number of rotatable bonds is 4. The summed E-state index contributed by atoms with van der Waals surface area (Å²) in [7, 11) is 0. The van der Waals surface area contributed by atoms with Crippen molar-refractivity contribution in [3.05, 3.63) is 38.6 Å². The van der Waals surface area contributed by atoms with Crippen LogP contribution in [0.15, 0.2) is 27.3 Å². The van der Waals surface area contributed by atoms with Gasteiger partial charge in [0.05, 0.1) is 5.56 Å². The second-order valence-corrected chi connectivity index (χ2v) is 3.29. The normalized spacial score (nSPS) is 10.2. The highest BCUT2D eigenvalue weighted by Crippen LogP contribution is 2.04. The number of hydrogen-bond acceptors (Lipinski definition) is 4. The maximum atomic E-state index is 11.4. The van der Waals surface area contributed by atoms with Crippen molar-refractivity contribution in [3.8, 4) is 0 Å². The molecule has 1 heterocycles. The number of nitrogens with one attached hydrogen (secondary N) is 1. The highest BCUT2D eigenvalue weighted by molar-refractivity contribution is 7.98. The lowest BCUT2D eigenvalue weighted by atomic mass is 10.3.